The van der Waals surface area contributed by atoms with E-state index in [9.17, 15) is 18.3 Å². The van der Waals surface area contributed by atoms with Crippen LogP contribution >= 0.6 is 0 Å². The quantitative estimate of drug-likeness (QED) is 0.596. The average Bonchev–Trinajstić information content (AvgIpc) is 2.58. The second-order valence-corrected chi connectivity index (χ2v) is 8.16. The maximum Gasteiger partial charge on any atom is 0.573 e. The Balaban J connectivity index is 2.28. The summed E-state index contributed by atoms with van der Waals surface area (Å²) < 4.78 is 41.9. The normalized spacial score (nSPS) is 19.3. The number of nitrogens with zero attached hydrogens (tertiary/aromatic N) is 1. The van der Waals surface area contributed by atoms with Crippen molar-refractivity contribution >= 4 is 5.71 Å². The van der Waals surface area contributed by atoms with Crippen molar-refractivity contribution in [3.05, 3.63) is 29.8 Å². The average molecular weight is 400 g/mol. The lowest BCUT2D eigenvalue weighted by molar-refractivity contribution is -0.274. The number of nitrogens with one attached hydrogen (secondary N) is 1. The molecule has 0 spiro atoms. The Morgan fingerprint density at radius 1 is 1.21 bits per heavy atom. The molecule has 1 aromatic carbocycles. The molecule has 158 valence electrons. The van der Waals surface area contributed by atoms with Crippen molar-refractivity contribution in [2.24, 2.45) is 0 Å². The zero-order valence-electron chi connectivity index (χ0n) is 16.9. The predicted octanol–water partition coefficient (Wildman–Crippen LogP) is 5.11. The van der Waals surface area contributed by atoms with Crippen molar-refractivity contribution in [1.82, 2.24) is 4.90 Å². The molecule has 0 saturated heterocycles. The van der Waals surface area contributed by atoms with Gasteiger partial charge in [-0.1, -0.05) is 31.4 Å². The lowest BCUT2D eigenvalue weighted by Crippen LogP contribution is -2.40. The van der Waals surface area contributed by atoms with Crippen LogP contribution in [0.2, 0.25) is 0 Å². The summed E-state index contributed by atoms with van der Waals surface area (Å²) in [5.41, 5.74) is 0.0729. The molecule has 2 atom stereocenters. The van der Waals surface area contributed by atoms with Gasteiger partial charge in [0.2, 0.25) is 0 Å². The molecule has 0 heterocycles. The number of alkyl halides is 3. The smallest absolute Gasteiger partial charge is 0.406 e. The summed E-state index contributed by atoms with van der Waals surface area (Å²) in [6.45, 7) is 2.02. The molecule has 1 aliphatic rings. The molecule has 0 aliphatic heterocycles. The summed E-state index contributed by atoms with van der Waals surface area (Å²) in [7, 11) is 3.89. The van der Waals surface area contributed by atoms with Crippen molar-refractivity contribution in [3.63, 3.8) is 0 Å². The molecule has 1 aliphatic carbocycles. The molecule has 7 heteroatoms. The Hall–Kier alpha value is -1.60. The minimum atomic E-state index is -4.76. The third-order valence-corrected chi connectivity index (χ3v) is 5.74. The first-order chi connectivity index (χ1) is 13.0. The van der Waals surface area contributed by atoms with E-state index in [1.54, 1.807) is 6.07 Å². The fraction of sp³-hybridized carbons (Fsp3) is 0.667. The van der Waals surface area contributed by atoms with E-state index in [1.165, 1.54) is 18.2 Å². The number of rotatable bonds is 8. The van der Waals surface area contributed by atoms with Gasteiger partial charge in [-0.3, -0.25) is 0 Å². The molecule has 1 fully saturated rings. The molecule has 28 heavy (non-hydrogen) atoms. The zero-order valence-corrected chi connectivity index (χ0v) is 16.9. The van der Waals surface area contributed by atoms with Gasteiger partial charge in [0.15, 0.2) is 0 Å². The Morgan fingerprint density at radius 2 is 1.86 bits per heavy atom. The fourth-order valence-corrected chi connectivity index (χ4v) is 3.93. The standard InChI is InChI=1S/C21H31F3N2O2/c1-15(26(2)3)12-17(25)14-19(20(27)10-5-4-6-11-20)16-8-7-9-18(13-16)28-21(22,23)24/h7-9,13,15,19,25,27H,4-6,10-12,14H2,1-3H3/t15-,19?/m0/s1. The Morgan fingerprint density at radius 3 is 2.43 bits per heavy atom. The van der Waals surface area contributed by atoms with Crippen LogP contribution in [0.25, 0.3) is 0 Å². The molecule has 0 bridgehead atoms. The van der Waals surface area contributed by atoms with Crippen LogP contribution in [0, 0.1) is 5.41 Å². The van der Waals surface area contributed by atoms with E-state index >= 15 is 0 Å². The molecule has 2 rings (SSSR count). The van der Waals surface area contributed by atoms with Crippen LogP contribution < -0.4 is 4.74 Å². The highest BCUT2D eigenvalue weighted by Gasteiger charge is 2.40. The van der Waals surface area contributed by atoms with Crippen molar-refractivity contribution in [3.8, 4) is 5.75 Å². The van der Waals surface area contributed by atoms with Crippen LogP contribution in [0.5, 0.6) is 5.75 Å². The number of ether oxygens (including phenoxy) is 1. The summed E-state index contributed by atoms with van der Waals surface area (Å²) in [6.07, 6.45) is 0.116. The van der Waals surface area contributed by atoms with Gasteiger partial charge >= 0.3 is 6.36 Å². The zero-order chi connectivity index (χ0) is 20.9. The van der Waals surface area contributed by atoms with E-state index in [0.29, 0.717) is 37.0 Å². The topological polar surface area (TPSA) is 56.6 Å². The lowest BCUT2D eigenvalue weighted by Gasteiger charge is -2.40. The molecule has 1 saturated carbocycles. The molecule has 0 aromatic heterocycles. The van der Waals surface area contributed by atoms with Crippen LogP contribution in [-0.2, 0) is 0 Å². The van der Waals surface area contributed by atoms with Crippen molar-refractivity contribution in [2.75, 3.05) is 14.1 Å². The highest BCUT2D eigenvalue weighted by molar-refractivity contribution is 5.83. The Bertz CT molecular complexity index is 655. The van der Waals surface area contributed by atoms with Crippen LogP contribution in [-0.4, -0.2) is 47.8 Å². The second kappa shape index (κ2) is 9.27. The van der Waals surface area contributed by atoms with E-state index in [4.69, 9.17) is 5.41 Å². The van der Waals surface area contributed by atoms with Gasteiger partial charge in [-0.05, 0) is 58.0 Å². The van der Waals surface area contributed by atoms with Gasteiger partial charge in [0, 0.05) is 24.1 Å². The molecule has 0 radical (unpaired) electrons. The Labute approximate surface area is 165 Å². The summed E-state index contributed by atoms with van der Waals surface area (Å²) >= 11 is 0. The summed E-state index contributed by atoms with van der Waals surface area (Å²) in [5.74, 6) is -0.714. The summed E-state index contributed by atoms with van der Waals surface area (Å²) in [4.78, 5) is 2.02. The molecule has 4 nitrogen and oxygen atoms in total. The van der Waals surface area contributed by atoms with Crippen molar-refractivity contribution < 1.29 is 23.0 Å². The van der Waals surface area contributed by atoms with Gasteiger partial charge < -0.3 is 20.2 Å². The molecular weight excluding hydrogens is 369 g/mol. The minimum Gasteiger partial charge on any atom is -0.406 e. The van der Waals surface area contributed by atoms with Gasteiger partial charge in [-0.2, -0.15) is 0 Å². The number of benzene rings is 1. The maximum absolute atomic E-state index is 12.6. The molecule has 2 N–H and O–H groups in total. The summed E-state index contributed by atoms with van der Waals surface area (Å²) in [6, 6.07) is 6.03. The molecule has 1 aromatic rings. The van der Waals surface area contributed by atoms with E-state index in [1.807, 2.05) is 25.9 Å². The number of aliphatic hydroxyl groups is 1. The van der Waals surface area contributed by atoms with Gasteiger partial charge in [0.1, 0.15) is 5.75 Å². The first-order valence-corrected chi connectivity index (χ1v) is 9.81. The predicted molar refractivity (Wildman–Crippen MR) is 104 cm³/mol. The largest absolute Gasteiger partial charge is 0.573 e. The van der Waals surface area contributed by atoms with Crippen LogP contribution in [0.3, 0.4) is 0 Å². The highest BCUT2D eigenvalue weighted by atomic mass is 19.4. The lowest BCUT2D eigenvalue weighted by atomic mass is 9.70. The van der Waals surface area contributed by atoms with E-state index < -0.39 is 17.9 Å². The van der Waals surface area contributed by atoms with Crippen LogP contribution in [0.1, 0.15) is 63.4 Å². The highest BCUT2D eigenvalue weighted by Crippen LogP contribution is 2.43. The minimum absolute atomic E-state index is 0.175. The monoisotopic (exact) mass is 400 g/mol. The third-order valence-electron chi connectivity index (χ3n) is 5.74. The first-order valence-electron chi connectivity index (χ1n) is 9.81. The summed E-state index contributed by atoms with van der Waals surface area (Å²) in [5, 5.41) is 19.8. The van der Waals surface area contributed by atoms with Gasteiger partial charge in [0.25, 0.3) is 0 Å². The maximum atomic E-state index is 12.6. The number of hydrogen-bond acceptors (Lipinski definition) is 4. The number of hydrogen-bond donors (Lipinski definition) is 2. The molecule has 0 amide bonds. The van der Waals surface area contributed by atoms with Crippen LogP contribution in [0.15, 0.2) is 24.3 Å². The fourth-order valence-electron chi connectivity index (χ4n) is 3.93. The molecular formula is C21H31F3N2O2. The van der Waals surface area contributed by atoms with Gasteiger partial charge in [-0.25, -0.2) is 0 Å². The Kier molecular flexibility index (Phi) is 7.51. The van der Waals surface area contributed by atoms with Crippen molar-refractivity contribution in [2.45, 2.75) is 75.8 Å². The third kappa shape index (κ3) is 6.48. The molecule has 1 unspecified atom stereocenters. The van der Waals surface area contributed by atoms with Crippen molar-refractivity contribution in [1.29, 1.82) is 5.41 Å². The van der Waals surface area contributed by atoms with E-state index in [-0.39, 0.29) is 11.8 Å². The van der Waals surface area contributed by atoms with E-state index in [2.05, 4.69) is 4.74 Å². The number of halogens is 3. The second-order valence-electron chi connectivity index (χ2n) is 8.16. The first kappa shape index (κ1) is 22.7. The van der Waals surface area contributed by atoms with Crippen LogP contribution in [0.4, 0.5) is 13.2 Å². The van der Waals surface area contributed by atoms with Gasteiger partial charge in [0.05, 0.1) is 5.60 Å². The SMILES string of the molecule is C[C@@H](CC(=N)CC(c1cccc(OC(F)(F)F)c1)C1(O)CCCCC1)N(C)C. The van der Waals surface area contributed by atoms with Gasteiger partial charge in [-0.15, -0.1) is 13.2 Å². The van der Waals surface area contributed by atoms with E-state index in [0.717, 1.165) is 19.3 Å².